The minimum Gasteiger partial charge on any atom is -0.358 e. The molecule has 0 saturated carbocycles. The van der Waals surface area contributed by atoms with Gasteiger partial charge in [-0.1, -0.05) is 67.1 Å². The molecule has 0 saturated heterocycles. The van der Waals surface area contributed by atoms with Crippen molar-refractivity contribution in [1.82, 2.24) is 19.8 Å². The Balaban J connectivity index is 1.74. The van der Waals surface area contributed by atoms with Crippen LogP contribution in [0.15, 0.2) is 48.5 Å². The molecule has 2 heterocycles. The smallest absolute Gasteiger partial charge is 0.241 e. The van der Waals surface area contributed by atoms with E-state index in [1.807, 2.05) is 30.3 Å². The highest BCUT2D eigenvalue weighted by Gasteiger charge is 2.39. The molecule has 0 fully saturated rings. The molecule has 0 radical (unpaired) electrons. The molecule has 1 aliphatic heterocycles. The van der Waals surface area contributed by atoms with Crippen LogP contribution in [0, 0.1) is 13.8 Å². The van der Waals surface area contributed by atoms with Gasteiger partial charge in [0.15, 0.2) is 5.15 Å². The van der Waals surface area contributed by atoms with Gasteiger partial charge in [0.1, 0.15) is 11.9 Å². The van der Waals surface area contributed by atoms with Gasteiger partial charge in [-0.15, -0.1) is 0 Å². The number of halogens is 1. The van der Waals surface area contributed by atoms with E-state index in [4.69, 9.17) is 11.6 Å². The molecule has 0 bridgehead atoms. The van der Waals surface area contributed by atoms with Crippen molar-refractivity contribution in [3.05, 3.63) is 87.5 Å². The number of hydrogen-bond acceptors (Lipinski definition) is 3. The molecule has 1 unspecified atom stereocenters. The second-order valence-electron chi connectivity index (χ2n) is 8.85. The third kappa shape index (κ3) is 4.71. The number of likely N-dealkylation sites (N-methyl/N-ethyl adjacent to an activating group) is 1. The average Bonchev–Trinajstić information content (AvgIpc) is 3.16. The van der Waals surface area contributed by atoms with Crippen LogP contribution < -0.4 is 5.32 Å². The minimum absolute atomic E-state index is 0.00261. The molecule has 2 atom stereocenters. The van der Waals surface area contributed by atoms with Crippen molar-refractivity contribution in [2.75, 3.05) is 13.6 Å². The number of aryl methyl sites for hydroxylation is 4. The van der Waals surface area contributed by atoms with Crippen molar-refractivity contribution < 1.29 is 4.79 Å². The topological polar surface area (TPSA) is 50.2 Å². The zero-order chi connectivity index (χ0) is 23.5. The number of hydrogen-bond donors (Lipinski definition) is 1. The van der Waals surface area contributed by atoms with E-state index >= 15 is 0 Å². The summed E-state index contributed by atoms with van der Waals surface area (Å²) in [6.45, 7) is 7.94. The van der Waals surface area contributed by atoms with E-state index < -0.39 is 0 Å². The van der Waals surface area contributed by atoms with Gasteiger partial charge in [-0.2, -0.15) is 0 Å². The molecule has 174 valence electrons. The second kappa shape index (κ2) is 10.1. The van der Waals surface area contributed by atoms with Gasteiger partial charge in [-0.3, -0.25) is 9.69 Å². The van der Waals surface area contributed by atoms with E-state index in [0.29, 0.717) is 5.15 Å². The maximum Gasteiger partial charge on any atom is 0.241 e. The van der Waals surface area contributed by atoms with Crippen molar-refractivity contribution in [2.45, 2.75) is 58.7 Å². The monoisotopic (exact) mass is 464 g/mol. The van der Waals surface area contributed by atoms with Crippen LogP contribution >= 0.6 is 11.6 Å². The quantitative estimate of drug-likeness (QED) is 0.523. The third-order valence-corrected chi connectivity index (χ3v) is 7.15. The Morgan fingerprint density at radius 2 is 1.91 bits per heavy atom. The lowest BCUT2D eigenvalue weighted by Crippen LogP contribution is -2.46. The number of carbonyl (C=O) groups excluding carboxylic acids is 1. The van der Waals surface area contributed by atoms with Gasteiger partial charge in [0.25, 0.3) is 0 Å². The molecular formula is C27H33ClN4O. The lowest BCUT2D eigenvalue weighted by molar-refractivity contribution is -0.128. The third-order valence-electron chi connectivity index (χ3n) is 6.87. The van der Waals surface area contributed by atoms with E-state index in [1.165, 1.54) is 16.7 Å². The van der Waals surface area contributed by atoms with E-state index in [9.17, 15) is 4.79 Å². The Hall–Kier alpha value is -2.63. The number of nitrogens with one attached hydrogen (secondary N) is 1. The summed E-state index contributed by atoms with van der Waals surface area (Å²) in [4.78, 5) is 20.2. The first-order chi connectivity index (χ1) is 15.9. The van der Waals surface area contributed by atoms with Crippen LogP contribution in [0.1, 0.15) is 59.2 Å². The summed E-state index contributed by atoms with van der Waals surface area (Å²) < 4.78 is 2.27. The Bertz CT molecular complexity index is 1120. The molecule has 4 rings (SSSR count). The summed E-state index contributed by atoms with van der Waals surface area (Å²) in [6, 6.07) is 16.3. The Labute approximate surface area is 201 Å². The van der Waals surface area contributed by atoms with Gasteiger partial charge in [0.05, 0.1) is 11.7 Å². The number of amides is 1. The zero-order valence-electron chi connectivity index (χ0n) is 19.9. The van der Waals surface area contributed by atoms with Gasteiger partial charge in [-0.25, -0.2) is 4.98 Å². The van der Waals surface area contributed by atoms with Gasteiger partial charge in [0.2, 0.25) is 5.91 Å². The van der Waals surface area contributed by atoms with Crippen LogP contribution in [-0.4, -0.2) is 34.0 Å². The largest absolute Gasteiger partial charge is 0.358 e. The molecule has 5 nitrogen and oxygen atoms in total. The van der Waals surface area contributed by atoms with Crippen LogP contribution in [0.3, 0.4) is 0 Å². The number of nitrogens with zero attached hydrogens (tertiary/aromatic N) is 3. The van der Waals surface area contributed by atoms with Crippen molar-refractivity contribution in [2.24, 2.45) is 0 Å². The standard InChI is InChI=1S/C27H33ClN4O/c1-5-23-30-26(28)25-22(14-13-20-12-11-18(2)19(3)17-20)31(15-16-32(23)25)24(27(33)29-4)21-9-7-6-8-10-21/h6-12,17,22,24H,5,13-16H2,1-4H3,(H,29,33)/t22?,24-/m1/s1. The summed E-state index contributed by atoms with van der Waals surface area (Å²) in [7, 11) is 1.71. The Kier molecular flexibility index (Phi) is 7.20. The number of benzene rings is 2. The number of rotatable bonds is 7. The first-order valence-corrected chi connectivity index (χ1v) is 12.2. The van der Waals surface area contributed by atoms with Crippen molar-refractivity contribution in [3.63, 3.8) is 0 Å². The summed E-state index contributed by atoms with van der Waals surface area (Å²) >= 11 is 6.73. The fourth-order valence-corrected chi connectivity index (χ4v) is 5.31. The zero-order valence-corrected chi connectivity index (χ0v) is 20.7. The SMILES string of the molecule is CCc1nc(Cl)c2n1CCN([C@@H](C(=O)NC)c1ccccc1)C2CCc1ccc(C)c(C)c1. The van der Waals surface area contributed by atoms with Crippen molar-refractivity contribution in [1.29, 1.82) is 0 Å². The normalized spacial score (nSPS) is 16.9. The van der Waals surface area contributed by atoms with Crippen LogP contribution in [0.5, 0.6) is 0 Å². The molecule has 1 aromatic heterocycles. The predicted molar refractivity (Wildman–Crippen MR) is 134 cm³/mol. The van der Waals surface area contributed by atoms with Crippen molar-refractivity contribution >= 4 is 17.5 Å². The van der Waals surface area contributed by atoms with E-state index in [2.05, 4.69) is 58.7 Å². The Morgan fingerprint density at radius 1 is 1.15 bits per heavy atom. The summed E-state index contributed by atoms with van der Waals surface area (Å²) in [5, 5.41) is 3.45. The van der Waals surface area contributed by atoms with Gasteiger partial charge >= 0.3 is 0 Å². The van der Waals surface area contributed by atoms with Crippen LogP contribution in [-0.2, 0) is 24.2 Å². The average molecular weight is 465 g/mol. The molecular weight excluding hydrogens is 432 g/mol. The lowest BCUT2D eigenvalue weighted by Gasteiger charge is -2.41. The fourth-order valence-electron chi connectivity index (χ4n) is 4.99. The molecule has 0 aliphatic carbocycles. The van der Waals surface area contributed by atoms with E-state index in [0.717, 1.165) is 49.4 Å². The first kappa shape index (κ1) is 23.5. The second-order valence-corrected chi connectivity index (χ2v) is 9.21. The molecule has 1 amide bonds. The molecule has 1 aliphatic rings. The molecule has 33 heavy (non-hydrogen) atoms. The molecule has 1 N–H and O–H groups in total. The van der Waals surface area contributed by atoms with Crippen LogP contribution in [0.25, 0.3) is 0 Å². The Morgan fingerprint density at radius 3 is 2.58 bits per heavy atom. The van der Waals surface area contributed by atoms with Crippen LogP contribution in [0.2, 0.25) is 5.15 Å². The number of aromatic nitrogens is 2. The lowest BCUT2D eigenvalue weighted by atomic mass is 9.94. The maximum absolute atomic E-state index is 13.2. The van der Waals surface area contributed by atoms with Gasteiger partial charge in [-0.05, 0) is 48.9 Å². The first-order valence-electron chi connectivity index (χ1n) is 11.8. The molecule has 6 heteroatoms. The highest BCUT2D eigenvalue weighted by Crippen LogP contribution is 2.40. The van der Waals surface area contributed by atoms with E-state index in [1.54, 1.807) is 7.05 Å². The minimum atomic E-state index is -0.384. The van der Waals surface area contributed by atoms with Crippen molar-refractivity contribution in [3.8, 4) is 0 Å². The van der Waals surface area contributed by atoms with E-state index in [-0.39, 0.29) is 18.0 Å². The van der Waals surface area contributed by atoms with Gasteiger partial charge < -0.3 is 9.88 Å². The summed E-state index contributed by atoms with van der Waals surface area (Å²) in [5.41, 5.74) is 5.94. The number of carbonyl (C=O) groups is 1. The predicted octanol–water partition coefficient (Wildman–Crippen LogP) is 5.19. The molecule has 0 spiro atoms. The summed E-state index contributed by atoms with van der Waals surface area (Å²) in [5.74, 6) is 1.01. The maximum atomic E-state index is 13.2. The number of fused-ring (bicyclic) bond motifs is 1. The van der Waals surface area contributed by atoms with Crippen LogP contribution in [0.4, 0.5) is 0 Å². The molecule has 2 aromatic carbocycles. The fraction of sp³-hybridized carbons (Fsp3) is 0.407. The molecule has 3 aromatic rings. The number of imidazole rings is 1. The highest BCUT2D eigenvalue weighted by atomic mass is 35.5. The van der Waals surface area contributed by atoms with Gasteiger partial charge in [0, 0.05) is 26.6 Å². The highest BCUT2D eigenvalue weighted by molar-refractivity contribution is 6.30. The summed E-state index contributed by atoms with van der Waals surface area (Å²) in [6.07, 6.45) is 2.60.